The zero-order chi connectivity index (χ0) is 13.4. The number of imidazole rings is 1. The Kier molecular flexibility index (Phi) is 2.63. The van der Waals surface area contributed by atoms with E-state index in [0.717, 1.165) is 22.4 Å². The van der Waals surface area contributed by atoms with E-state index in [1.54, 1.807) is 25.1 Å². The maximum Gasteiger partial charge on any atom is 0.163 e. The highest BCUT2D eigenvalue weighted by atomic mass is 16.5. The number of aromatic nitrogens is 4. The largest absolute Gasteiger partial charge is 0.493 e. The molecule has 0 unspecified atom stereocenters. The Balaban J connectivity index is 2.15. The number of nitrogens with one attached hydrogen (secondary N) is 1. The van der Waals surface area contributed by atoms with Gasteiger partial charge >= 0.3 is 0 Å². The number of methoxy groups -OCH3 is 2. The Morgan fingerprint density at radius 2 is 1.89 bits per heavy atom. The van der Waals surface area contributed by atoms with E-state index in [-0.39, 0.29) is 0 Å². The predicted molar refractivity (Wildman–Crippen MR) is 71.4 cm³/mol. The standard InChI is InChI=1S/C13H14N4O2/c1-17-7-8(6-14-17)13-15-9-4-11(18-2)12(19-3)5-10(9)16-13/h4-7H,1-3H3,(H,15,16). The molecule has 0 radical (unpaired) electrons. The fraction of sp³-hybridized carbons (Fsp3) is 0.231. The van der Waals surface area contributed by atoms with Gasteiger partial charge in [0.15, 0.2) is 11.5 Å². The summed E-state index contributed by atoms with van der Waals surface area (Å²) in [5.74, 6) is 2.12. The Labute approximate surface area is 110 Å². The molecule has 0 aliphatic heterocycles. The van der Waals surface area contributed by atoms with Gasteiger partial charge in [-0.3, -0.25) is 4.68 Å². The highest BCUT2D eigenvalue weighted by Crippen LogP contribution is 2.32. The summed E-state index contributed by atoms with van der Waals surface area (Å²) in [4.78, 5) is 7.79. The minimum atomic E-state index is 0.666. The zero-order valence-electron chi connectivity index (χ0n) is 11.0. The molecule has 1 N–H and O–H groups in total. The second kappa shape index (κ2) is 4.31. The number of H-pyrrole nitrogens is 1. The topological polar surface area (TPSA) is 65.0 Å². The van der Waals surface area contributed by atoms with Gasteiger partial charge in [-0.25, -0.2) is 4.98 Å². The third kappa shape index (κ3) is 1.91. The average molecular weight is 258 g/mol. The lowest BCUT2D eigenvalue weighted by atomic mass is 10.3. The van der Waals surface area contributed by atoms with Gasteiger partial charge in [0.25, 0.3) is 0 Å². The lowest BCUT2D eigenvalue weighted by Gasteiger charge is -2.06. The van der Waals surface area contributed by atoms with Crippen LogP contribution in [0.25, 0.3) is 22.4 Å². The lowest BCUT2D eigenvalue weighted by molar-refractivity contribution is 0.356. The Morgan fingerprint density at radius 3 is 2.53 bits per heavy atom. The monoisotopic (exact) mass is 258 g/mol. The third-order valence-corrected chi connectivity index (χ3v) is 2.97. The van der Waals surface area contributed by atoms with E-state index < -0.39 is 0 Å². The quantitative estimate of drug-likeness (QED) is 0.780. The molecule has 19 heavy (non-hydrogen) atoms. The molecule has 2 heterocycles. The first-order chi connectivity index (χ1) is 9.21. The molecule has 0 saturated heterocycles. The van der Waals surface area contributed by atoms with Crippen LogP contribution in [0.1, 0.15) is 0 Å². The van der Waals surface area contributed by atoms with Crippen molar-refractivity contribution in [1.82, 2.24) is 19.7 Å². The first-order valence-corrected chi connectivity index (χ1v) is 5.82. The van der Waals surface area contributed by atoms with Crippen LogP contribution in [0.2, 0.25) is 0 Å². The molecule has 6 nitrogen and oxygen atoms in total. The minimum absolute atomic E-state index is 0.666. The van der Waals surface area contributed by atoms with Crippen molar-refractivity contribution in [1.29, 1.82) is 0 Å². The van der Waals surface area contributed by atoms with E-state index in [9.17, 15) is 0 Å². The maximum atomic E-state index is 5.27. The van der Waals surface area contributed by atoms with Crippen LogP contribution >= 0.6 is 0 Å². The number of ether oxygens (including phenoxy) is 2. The molecule has 0 bridgehead atoms. The van der Waals surface area contributed by atoms with E-state index in [0.29, 0.717) is 11.5 Å². The van der Waals surface area contributed by atoms with Crippen LogP contribution in [0.3, 0.4) is 0 Å². The second-order valence-electron chi connectivity index (χ2n) is 4.21. The molecule has 98 valence electrons. The van der Waals surface area contributed by atoms with Crippen molar-refractivity contribution in [2.75, 3.05) is 14.2 Å². The fourth-order valence-electron chi connectivity index (χ4n) is 2.02. The molecule has 1 aromatic carbocycles. The first kappa shape index (κ1) is 11.6. The van der Waals surface area contributed by atoms with Crippen LogP contribution in [0.4, 0.5) is 0 Å². The molecule has 0 fully saturated rings. The van der Waals surface area contributed by atoms with Gasteiger partial charge in [0.05, 0.1) is 37.0 Å². The smallest absolute Gasteiger partial charge is 0.163 e. The van der Waals surface area contributed by atoms with Gasteiger partial charge in [0, 0.05) is 25.4 Å². The Hall–Kier alpha value is -2.50. The molecule has 0 spiro atoms. The van der Waals surface area contributed by atoms with E-state index in [4.69, 9.17) is 9.47 Å². The minimum Gasteiger partial charge on any atom is -0.493 e. The van der Waals surface area contributed by atoms with Crippen LogP contribution in [0, 0.1) is 0 Å². The number of hydrogen-bond donors (Lipinski definition) is 1. The van der Waals surface area contributed by atoms with Gasteiger partial charge in [-0.1, -0.05) is 0 Å². The normalized spacial score (nSPS) is 10.9. The van der Waals surface area contributed by atoms with Crippen molar-refractivity contribution in [3.05, 3.63) is 24.5 Å². The van der Waals surface area contributed by atoms with E-state index in [2.05, 4.69) is 15.1 Å². The van der Waals surface area contributed by atoms with Gasteiger partial charge in [0.2, 0.25) is 0 Å². The van der Waals surface area contributed by atoms with Gasteiger partial charge in [0.1, 0.15) is 5.82 Å². The maximum absolute atomic E-state index is 5.27. The van der Waals surface area contributed by atoms with Gasteiger partial charge in [-0.2, -0.15) is 5.10 Å². The number of rotatable bonds is 3. The zero-order valence-corrected chi connectivity index (χ0v) is 11.0. The fourth-order valence-corrected chi connectivity index (χ4v) is 2.02. The van der Waals surface area contributed by atoms with Crippen molar-refractivity contribution < 1.29 is 9.47 Å². The van der Waals surface area contributed by atoms with Gasteiger partial charge in [-0.15, -0.1) is 0 Å². The third-order valence-electron chi connectivity index (χ3n) is 2.97. The summed E-state index contributed by atoms with van der Waals surface area (Å²) in [6.07, 6.45) is 3.68. The molecular weight excluding hydrogens is 244 g/mol. The summed E-state index contributed by atoms with van der Waals surface area (Å²) in [6.45, 7) is 0. The summed E-state index contributed by atoms with van der Waals surface area (Å²) in [5.41, 5.74) is 2.67. The SMILES string of the molecule is COc1cc2nc(-c3cnn(C)c3)[nH]c2cc1OC. The molecule has 3 aromatic rings. The molecule has 0 amide bonds. The summed E-state index contributed by atoms with van der Waals surface area (Å²) < 4.78 is 12.3. The number of benzene rings is 1. The molecule has 0 aliphatic rings. The molecule has 3 rings (SSSR count). The Bertz CT molecular complexity index is 688. The summed E-state index contributed by atoms with van der Waals surface area (Å²) in [6, 6.07) is 3.73. The number of hydrogen-bond acceptors (Lipinski definition) is 4. The van der Waals surface area contributed by atoms with Crippen LogP contribution in [0.5, 0.6) is 11.5 Å². The van der Waals surface area contributed by atoms with Crippen molar-refractivity contribution in [2.24, 2.45) is 7.05 Å². The molecule has 0 aliphatic carbocycles. The number of aromatic amines is 1. The molecule has 2 aromatic heterocycles. The van der Waals surface area contributed by atoms with Crippen LogP contribution in [0.15, 0.2) is 24.5 Å². The second-order valence-corrected chi connectivity index (χ2v) is 4.21. The number of fused-ring (bicyclic) bond motifs is 1. The van der Waals surface area contributed by atoms with Crippen molar-refractivity contribution >= 4 is 11.0 Å². The molecule has 6 heteroatoms. The summed E-state index contributed by atoms with van der Waals surface area (Å²) >= 11 is 0. The summed E-state index contributed by atoms with van der Waals surface area (Å²) in [5, 5.41) is 4.14. The van der Waals surface area contributed by atoms with Crippen LogP contribution < -0.4 is 9.47 Å². The van der Waals surface area contributed by atoms with Crippen LogP contribution in [-0.2, 0) is 7.05 Å². The Morgan fingerprint density at radius 1 is 1.16 bits per heavy atom. The van der Waals surface area contributed by atoms with Crippen molar-refractivity contribution in [2.45, 2.75) is 0 Å². The molecular formula is C13H14N4O2. The predicted octanol–water partition coefficient (Wildman–Crippen LogP) is 1.98. The van der Waals surface area contributed by atoms with Gasteiger partial charge in [-0.05, 0) is 0 Å². The first-order valence-electron chi connectivity index (χ1n) is 5.82. The highest BCUT2D eigenvalue weighted by molar-refractivity contribution is 5.82. The molecule has 0 atom stereocenters. The van der Waals surface area contributed by atoms with E-state index in [1.807, 2.05) is 25.4 Å². The number of aryl methyl sites for hydroxylation is 1. The number of nitrogens with zero attached hydrogens (tertiary/aromatic N) is 3. The van der Waals surface area contributed by atoms with E-state index in [1.165, 1.54) is 0 Å². The average Bonchev–Trinajstić information content (AvgIpc) is 3.02. The van der Waals surface area contributed by atoms with E-state index >= 15 is 0 Å². The summed E-state index contributed by atoms with van der Waals surface area (Å²) in [7, 11) is 5.10. The van der Waals surface area contributed by atoms with Crippen LogP contribution in [-0.4, -0.2) is 34.0 Å². The lowest BCUT2D eigenvalue weighted by Crippen LogP contribution is -1.89. The van der Waals surface area contributed by atoms with Crippen molar-refractivity contribution in [3.8, 4) is 22.9 Å². The van der Waals surface area contributed by atoms with Gasteiger partial charge < -0.3 is 14.5 Å². The molecule has 0 saturated carbocycles. The highest BCUT2D eigenvalue weighted by Gasteiger charge is 2.11. The van der Waals surface area contributed by atoms with Crippen molar-refractivity contribution in [3.63, 3.8) is 0 Å².